The highest BCUT2D eigenvalue weighted by Gasteiger charge is 2.43. The number of hydrogen-bond donors (Lipinski definition) is 2. The van der Waals surface area contributed by atoms with E-state index in [0.29, 0.717) is 5.56 Å². The summed E-state index contributed by atoms with van der Waals surface area (Å²) in [6, 6.07) is 26.1. The highest BCUT2D eigenvalue weighted by Crippen LogP contribution is 2.42. The fourth-order valence-electron chi connectivity index (χ4n) is 4.31. The zero-order valence-electron chi connectivity index (χ0n) is 16.8. The minimum absolute atomic E-state index is 0. The van der Waals surface area contributed by atoms with Crippen LogP contribution in [0.5, 0.6) is 0 Å². The van der Waals surface area contributed by atoms with Crippen LogP contribution in [0.15, 0.2) is 84.9 Å². The molecule has 1 aliphatic rings. The highest BCUT2D eigenvalue weighted by molar-refractivity contribution is 5.42. The molecule has 0 radical (unpaired) electrons. The second kappa shape index (κ2) is 10.2. The summed E-state index contributed by atoms with van der Waals surface area (Å²) in [7, 11) is 0. The van der Waals surface area contributed by atoms with Gasteiger partial charge in [-0.05, 0) is 28.8 Å². The van der Waals surface area contributed by atoms with Gasteiger partial charge in [-0.1, -0.05) is 72.8 Å². The number of rotatable bonds is 6. The number of hydrogen-bond acceptors (Lipinski definition) is 2. The van der Waals surface area contributed by atoms with Crippen molar-refractivity contribution in [1.29, 1.82) is 0 Å². The Hall–Kier alpha value is -2.24. The molecule has 0 spiro atoms. The first-order valence-electron chi connectivity index (χ1n) is 10.2. The molecule has 0 amide bonds. The molecule has 0 saturated carbocycles. The lowest BCUT2D eigenvalue weighted by Gasteiger charge is -2.39. The summed E-state index contributed by atoms with van der Waals surface area (Å²) in [5.74, 6) is -0.496. The van der Waals surface area contributed by atoms with Gasteiger partial charge in [-0.3, -0.25) is 0 Å². The van der Waals surface area contributed by atoms with Crippen molar-refractivity contribution in [3.63, 3.8) is 0 Å². The number of aliphatic hydroxyl groups is 1. The topological polar surface area (TPSA) is 33.9 Å². The normalized spacial score (nSPS) is 17.5. The largest absolute Gasteiger partial charge is 1.00 e. The smallest absolute Gasteiger partial charge is 0.127 e. The minimum atomic E-state index is -1.28. The number of nitrogens with one attached hydrogen (secondary N) is 1. The zero-order chi connectivity index (χ0) is 20.1. The van der Waals surface area contributed by atoms with Crippen molar-refractivity contribution in [2.24, 2.45) is 0 Å². The zero-order valence-corrected chi connectivity index (χ0v) is 17.6. The molecule has 2 N–H and O–H groups in total. The van der Waals surface area contributed by atoms with Gasteiger partial charge in [0.2, 0.25) is 0 Å². The van der Waals surface area contributed by atoms with Gasteiger partial charge in [0.15, 0.2) is 0 Å². The third kappa shape index (κ3) is 4.73. The van der Waals surface area contributed by atoms with E-state index in [1.165, 1.54) is 17.0 Å². The molecule has 2 unspecified atom stereocenters. The Morgan fingerprint density at radius 3 is 1.97 bits per heavy atom. The van der Waals surface area contributed by atoms with Gasteiger partial charge in [-0.25, -0.2) is 4.39 Å². The molecule has 30 heavy (non-hydrogen) atoms. The third-order valence-electron chi connectivity index (χ3n) is 5.90. The van der Waals surface area contributed by atoms with Crippen molar-refractivity contribution >= 4 is 0 Å². The Balaban J connectivity index is 0.00000256. The molecule has 1 saturated heterocycles. The molecule has 5 heteroatoms. The van der Waals surface area contributed by atoms with Crippen LogP contribution in [0.3, 0.4) is 0 Å². The Labute approximate surface area is 183 Å². The Morgan fingerprint density at radius 2 is 1.37 bits per heavy atom. The Bertz CT molecular complexity index is 901. The molecule has 1 fully saturated rings. The summed E-state index contributed by atoms with van der Waals surface area (Å²) in [4.78, 5) is 1.40. The molecule has 3 aromatic carbocycles. The van der Waals surface area contributed by atoms with Crippen molar-refractivity contribution < 1.29 is 31.5 Å². The lowest BCUT2D eigenvalue weighted by Crippen LogP contribution is -3.14. The lowest BCUT2D eigenvalue weighted by molar-refractivity contribution is -0.910. The average Bonchev–Trinajstić information content (AvgIpc) is 2.79. The summed E-state index contributed by atoms with van der Waals surface area (Å²) >= 11 is 0. The molecular weight excluding hydrogens is 401 g/mol. The monoisotopic (exact) mass is 427 g/mol. The quantitative estimate of drug-likeness (QED) is 0.569. The third-order valence-corrected chi connectivity index (χ3v) is 5.90. The van der Waals surface area contributed by atoms with Crippen molar-refractivity contribution in [2.45, 2.75) is 11.5 Å². The molecular formula is C25H27ClFNO2. The van der Waals surface area contributed by atoms with Crippen LogP contribution in [0.4, 0.5) is 4.39 Å². The summed E-state index contributed by atoms with van der Waals surface area (Å²) in [5, 5.41) is 12.3. The van der Waals surface area contributed by atoms with E-state index in [9.17, 15) is 9.50 Å². The first-order valence-corrected chi connectivity index (χ1v) is 10.2. The average molecular weight is 428 g/mol. The molecule has 0 bridgehead atoms. The summed E-state index contributed by atoms with van der Waals surface area (Å²) < 4.78 is 19.2. The fraction of sp³-hybridized carbons (Fsp3) is 0.280. The second-order valence-corrected chi connectivity index (χ2v) is 7.67. The predicted octanol–water partition coefficient (Wildman–Crippen LogP) is -0.235. The molecule has 1 heterocycles. The predicted molar refractivity (Wildman–Crippen MR) is 111 cm³/mol. The van der Waals surface area contributed by atoms with E-state index in [1.807, 2.05) is 48.5 Å². The molecule has 1 aliphatic heterocycles. The summed E-state index contributed by atoms with van der Waals surface area (Å²) in [6.07, 6.45) is 0. The van der Waals surface area contributed by atoms with E-state index in [2.05, 4.69) is 12.1 Å². The van der Waals surface area contributed by atoms with Crippen molar-refractivity contribution in [2.75, 3.05) is 32.8 Å². The van der Waals surface area contributed by atoms with E-state index >= 15 is 0 Å². The van der Waals surface area contributed by atoms with Crippen LogP contribution in [0.1, 0.15) is 22.6 Å². The van der Waals surface area contributed by atoms with Crippen LogP contribution in [0, 0.1) is 5.82 Å². The van der Waals surface area contributed by atoms with Gasteiger partial charge < -0.3 is 27.2 Å². The molecule has 3 aromatic rings. The minimum Gasteiger partial charge on any atom is -1.00 e. The van der Waals surface area contributed by atoms with Gasteiger partial charge in [0.1, 0.15) is 24.5 Å². The molecule has 0 aliphatic carbocycles. The van der Waals surface area contributed by atoms with Crippen molar-refractivity contribution in [1.82, 2.24) is 0 Å². The SMILES string of the molecule is OC(c1ccccc1)(c1ccc(F)cc1)C(C[NH+]1CCOCC1)c1ccccc1.[Cl-]. The molecule has 0 aromatic heterocycles. The van der Waals surface area contributed by atoms with E-state index in [0.717, 1.165) is 44.0 Å². The van der Waals surface area contributed by atoms with Crippen molar-refractivity contribution in [3.8, 4) is 0 Å². The van der Waals surface area contributed by atoms with Crippen LogP contribution in [-0.2, 0) is 10.3 Å². The van der Waals surface area contributed by atoms with E-state index in [4.69, 9.17) is 4.74 Å². The van der Waals surface area contributed by atoms with Crippen molar-refractivity contribution in [3.05, 3.63) is 107 Å². The lowest BCUT2D eigenvalue weighted by atomic mass is 9.72. The maximum Gasteiger partial charge on any atom is 0.127 e. The molecule has 2 atom stereocenters. The number of quaternary nitrogens is 1. The highest BCUT2D eigenvalue weighted by atomic mass is 35.5. The maximum atomic E-state index is 13.7. The van der Waals surface area contributed by atoms with Crippen LogP contribution < -0.4 is 17.3 Å². The molecule has 158 valence electrons. The van der Waals surface area contributed by atoms with Crippen LogP contribution in [0.2, 0.25) is 0 Å². The number of morpholine rings is 1. The second-order valence-electron chi connectivity index (χ2n) is 7.67. The number of ether oxygens (including phenoxy) is 1. The van der Waals surface area contributed by atoms with Crippen LogP contribution >= 0.6 is 0 Å². The standard InChI is InChI=1S/C25H26FNO2.ClH/c26-23-13-11-22(12-14-23)25(28,21-9-5-2-6-10-21)24(20-7-3-1-4-8-20)19-27-15-17-29-18-16-27;/h1-14,24,28H,15-19H2;1H. The van der Waals surface area contributed by atoms with Crippen LogP contribution in [-0.4, -0.2) is 38.0 Å². The van der Waals surface area contributed by atoms with E-state index < -0.39 is 5.60 Å². The van der Waals surface area contributed by atoms with Gasteiger partial charge >= 0.3 is 0 Å². The maximum absolute atomic E-state index is 13.7. The molecule has 3 nitrogen and oxygen atoms in total. The Morgan fingerprint density at radius 1 is 0.833 bits per heavy atom. The molecule has 4 rings (SSSR count). The van der Waals surface area contributed by atoms with E-state index in [1.54, 1.807) is 12.1 Å². The van der Waals surface area contributed by atoms with Gasteiger partial charge in [-0.2, -0.15) is 0 Å². The van der Waals surface area contributed by atoms with Gasteiger partial charge in [0.25, 0.3) is 0 Å². The summed E-state index contributed by atoms with van der Waals surface area (Å²) in [5.41, 5.74) is 1.31. The first-order chi connectivity index (χ1) is 14.2. The number of halogens is 2. The van der Waals surface area contributed by atoms with E-state index in [-0.39, 0.29) is 24.1 Å². The van der Waals surface area contributed by atoms with Gasteiger partial charge in [0, 0.05) is 0 Å². The van der Waals surface area contributed by atoms with Crippen LogP contribution in [0.25, 0.3) is 0 Å². The first kappa shape index (κ1) is 22.4. The fourth-order valence-corrected chi connectivity index (χ4v) is 4.31. The summed E-state index contributed by atoms with van der Waals surface area (Å²) in [6.45, 7) is 4.06. The van der Waals surface area contributed by atoms with Gasteiger partial charge in [-0.15, -0.1) is 0 Å². The van der Waals surface area contributed by atoms with Gasteiger partial charge in [0.05, 0.1) is 25.7 Å². The Kier molecular flexibility index (Phi) is 7.62. The number of benzene rings is 3.